The van der Waals surface area contributed by atoms with Crippen molar-refractivity contribution in [1.82, 2.24) is 20.4 Å². The Kier molecular flexibility index (Phi) is 6.02. The minimum absolute atomic E-state index is 0.0638. The molecule has 0 saturated carbocycles. The van der Waals surface area contributed by atoms with Crippen molar-refractivity contribution in [3.05, 3.63) is 18.0 Å². The predicted octanol–water partition coefficient (Wildman–Crippen LogP) is 0.761. The Hall–Kier alpha value is -2.05. The van der Waals surface area contributed by atoms with E-state index < -0.39 is 5.97 Å². The molecule has 0 fully saturated rings. The lowest BCUT2D eigenvalue weighted by Crippen LogP contribution is -2.46. The highest BCUT2D eigenvalue weighted by Gasteiger charge is 2.19. The van der Waals surface area contributed by atoms with Gasteiger partial charge in [0.15, 0.2) is 0 Å². The molecule has 0 aliphatic rings. The topological polar surface area (TPSA) is 96.2 Å². The number of carbonyl (C=O) groups excluding carboxylic acids is 1. The molecule has 1 aromatic rings. The summed E-state index contributed by atoms with van der Waals surface area (Å²) in [5, 5.41) is 18.2. The molecule has 0 aliphatic carbocycles. The molecule has 7 heteroatoms. The van der Waals surface area contributed by atoms with Crippen molar-refractivity contribution in [2.75, 3.05) is 6.54 Å². The Morgan fingerprint density at radius 2 is 2.15 bits per heavy atom. The maximum atomic E-state index is 11.7. The molecule has 0 aromatic carbocycles. The van der Waals surface area contributed by atoms with Crippen molar-refractivity contribution in [3.8, 4) is 0 Å². The summed E-state index contributed by atoms with van der Waals surface area (Å²) in [7, 11) is 1.84. The summed E-state index contributed by atoms with van der Waals surface area (Å²) in [6.07, 6.45) is 2.30. The lowest BCUT2D eigenvalue weighted by Gasteiger charge is -2.20. The van der Waals surface area contributed by atoms with Gasteiger partial charge in [0, 0.05) is 37.9 Å². The van der Waals surface area contributed by atoms with Gasteiger partial charge in [0.05, 0.1) is 6.42 Å². The minimum atomic E-state index is -0.918. The van der Waals surface area contributed by atoms with Gasteiger partial charge in [-0.3, -0.25) is 9.48 Å². The van der Waals surface area contributed by atoms with Crippen LogP contribution in [0.5, 0.6) is 0 Å². The van der Waals surface area contributed by atoms with Crippen LogP contribution < -0.4 is 10.6 Å². The van der Waals surface area contributed by atoms with Crippen molar-refractivity contribution in [2.45, 2.75) is 32.7 Å². The second kappa shape index (κ2) is 7.52. The maximum Gasteiger partial charge on any atom is 0.315 e. The second-order valence-electron chi connectivity index (χ2n) is 5.04. The monoisotopic (exact) mass is 282 g/mol. The standard InChI is InChI=1S/C13H22N4O3/c1-9(2)11(8-12(18)19)16-13(20)14-6-4-10-5-7-15-17(10)3/h5,7,9,11H,4,6,8H2,1-3H3,(H,18,19)(H2,14,16,20). The number of amides is 2. The van der Waals surface area contributed by atoms with Crippen LogP contribution >= 0.6 is 0 Å². The van der Waals surface area contributed by atoms with Crippen LogP contribution in [-0.2, 0) is 18.3 Å². The van der Waals surface area contributed by atoms with E-state index in [4.69, 9.17) is 5.11 Å². The number of aryl methyl sites for hydroxylation is 1. The predicted molar refractivity (Wildman–Crippen MR) is 74.3 cm³/mol. The molecule has 0 spiro atoms. The number of carbonyl (C=O) groups is 2. The van der Waals surface area contributed by atoms with Gasteiger partial charge in [-0.1, -0.05) is 13.8 Å². The summed E-state index contributed by atoms with van der Waals surface area (Å²) in [5.41, 5.74) is 1.02. The fourth-order valence-corrected chi connectivity index (χ4v) is 1.81. The summed E-state index contributed by atoms with van der Waals surface area (Å²) in [6, 6.07) is 1.18. The summed E-state index contributed by atoms with van der Waals surface area (Å²) in [4.78, 5) is 22.4. The first-order valence-electron chi connectivity index (χ1n) is 6.63. The highest BCUT2D eigenvalue weighted by molar-refractivity contribution is 5.75. The summed E-state index contributed by atoms with van der Waals surface area (Å²) < 4.78 is 1.75. The lowest BCUT2D eigenvalue weighted by molar-refractivity contribution is -0.137. The van der Waals surface area contributed by atoms with Crippen LogP contribution in [0.4, 0.5) is 4.79 Å². The van der Waals surface area contributed by atoms with Gasteiger partial charge in [-0.15, -0.1) is 0 Å². The molecule has 0 bridgehead atoms. The number of aromatic nitrogens is 2. The zero-order valence-electron chi connectivity index (χ0n) is 12.1. The minimum Gasteiger partial charge on any atom is -0.481 e. The van der Waals surface area contributed by atoms with Crippen molar-refractivity contribution >= 4 is 12.0 Å². The number of nitrogens with zero attached hydrogens (tertiary/aromatic N) is 2. The smallest absolute Gasteiger partial charge is 0.315 e. The number of hydrogen-bond donors (Lipinski definition) is 3. The Balaban J connectivity index is 2.34. The summed E-state index contributed by atoms with van der Waals surface area (Å²) in [6.45, 7) is 4.23. The van der Waals surface area contributed by atoms with Gasteiger partial charge in [-0.2, -0.15) is 5.10 Å². The van der Waals surface area contributed by atoms with Crippen molar-refractivity contribution in [2.24, 2.45) is 13.0 Å². The summed E-state index contributed by atoms with van der Waals surface area (Å²) in [5.74, 6) is -0.854. The van der Waals surface area contributed by atoms with E-state index in [1.54, 1.807) is 10.9 Å². The molecule has 0 radical (unpaired) electrons. The van der Waals surface area contributed by atoms with Crippen molar-refractivity contribution < 1.29 is 14.7 Å². The number of rotatable bonds is 7. The average molecular weight is 282 g/mol. The van der Waals surface area contributed by atoms with E-state index in [1.165, 1.54) is 0 Å². The largest absolute Gasteiger partial charge is 0.481 e. The zero-order chi connectivity index (χ0) is 15.1. The van der Waals surface area contributed by atoms with Crippen LogP contribution in [0, 0.1) is 5.92 Å². The van der Waals surface area contributed by atoms with E-state index >= 15 is 0 Å². The number of hydrogen-bond acceptors (Lipinski definition) is 3. The van der Waals surface area contributed by atoms with Crippen LogP contribution in [0.1, 0.15) is 26.0 Å². The van der Waals surface area contributed by atoms with E-state index in [0.29, 0.717) is 13.0 Å². The van der Waals surface area contributed by atoms with Gasteiger partial charge in [0.25, 0.3) is 0 Å². The van der Waals surface area contributed by atoms with E-state index in [-0.39, 0.29) is 24.4 Å². The average Bonchev–Trinajstić information content (AvgIpc) is 2.73. The third-order valence-electron chi connectivity index (χ3n) is 3.10. The molecule has 2 amide bonds. The van der Waals surface area contributed by atoms with Gasteiger partial charge < -0.3 is 15.7 Å². The first-order chi connectivity index (χ1) is 9.40. The van der Waals surface area contributed by atoms with Gasteiger partial charge >= 0.3 is 12.0 Å². The Morgan fingerprint density at radius 1 is 1.45 bits per heavy atom. The van der Waals surface area contributed by atoms with E-state index in [0.717, 1.165) is 5.69 Å². The fraction of sp³-hybridized carbons (Fsp3) is 0.615. The van der Waals surface area contributed by atoms with Crippen LogP contribution in [0.15, 0.2) is 12.3 Å². The van der Waals surface area contributed by atoms with Gasteiger partial charge in [-0.25, -0.2) is 4.79 Å². The van der Waals surface area contributed by atoms with Gasteiger partial charge in [0.1, 0.15) is 0 Å². The molecule has 1 rings (SSSR count). The molecule has 0 aliphatic heterocycles. The molecule has 3 N–H and O–H groups in total. The number of aliphatic carboxylic acids is 1. The van der Waals surface area contributed by atoms with E-state index in [1.807, 2.05) is 27.0 Å². The van der Waals surface area contributed by atoms with Gasteiger partial charge in [0.2, 0.25) is 0 Å². The van der Waals surface area contributed by atoms with Crippen LogP contribution in [0.2, 0.25) is 0 Å². The zero-order valence-corrected chi connectivity index (χ0v) is 12.1. The van der Waals surface area contributed by atoms with Crippen molar-refractivity contribution in [1.29, 1.82) is 0 Å². The Morgan fingerprint density at radius 3 is 2.65 bits per heavy atom. The van der Waals surface area contributed by atoms with Crippen LogP contribution in [0.3, 0.4) is 0 Å². The first kappa shape index (κ1) is 16.0. The Bertz CT molecular complexity index is 456. The maximum absolute atomic E-state index is 11.7. The molecule has 0 saturated heterocycles. The molecule has 112 valence electrons. The first-order valence-corrected chi connectivity index (χ1v) is 6.63. The third kappa shape index (κ3) is 5.29. The normalized spacial score (nSPS) is 12.2. The number of carboxylic acids is 1. The highest BCUT2D eigenvalue weighted by Crippen LogP contribution is 2.05. The highest BCUT2D eigenvalue weighted by atomic mass is 16.4. The third-order valence-corrected chi connectivity index (χ3v) is 3.10. The second-order valence-corrected chi connectivity index (χ2v) is 5.04. The van der Waals surface area contributed by atoms with Crippen LogP contribution in [-0.4, -0.2) is 39.5 Å². The Labute approximate surface area is 118 Å². The molecular weight excluding hydrogens is 260 g/mol. The van der Waals surface area contributed by atoms with Crippen molar-refractivity contribution in [3.63, 3.8) is 0 Å². The molecular formula is C13H22N4O3. The van der Waals surface area contributed by atoms with Crippen LogP contribution in [0.25, 0.3) is 0 Å². The number of urea groups is 1. The molecule has 1 heterocycles. The number of nitrogens with one attached hydrogen (secondary N) is 2. The van der Waals surface area contributed by atoms with Gasteiger partial charge in [-0.05, 0) is 12.0 Å². The molecule has 7 nitrogen and oxygen atoms in total. The summed E-state index contributed by atoms with van der Waals surface area (Å²) >= 11 is 0. The molecule has 1 aromatic heterocycles. The lowest BCUT2D eigenvalue weighted by atomic mass is 10.0. The fourth-order valence-electron chi connectivity index (χ4n) is 1.81. The molecule has 1 atom stereocenters. The van der Waals surface area contributed by atoms with E-state index in [2.05, 4.69) is 15.7 Å². The quantitative estimate of drug-likeness (QED) is 0.688. The van der Waals surface area contributed by atoms with E-state index in [9.17, 15) is 9.59 Å². The molecule has 1 unspecified atom stereocenters. The SMILES string of the molecule is CC(C)C(CC(=O)O)NC(=O)NCCc1ccnn1C. The number of carboxylic acid groups (broad SMARTS) is 1. The molecule has 20 heavy (non-hydrogen) atoms.